The van der Waals surface area contributed by atoms with Gasteiger partial charge in [0.15, 0.2) is 0 Å². The largest absolute Gasteiger partial charge is 0.360 e. The highest BCUT2D eigenvalue weighted by molar-refractivity contribution is 5.70. The van der Waals surface area contributed by atoms with E-state index in [-0.39, 0.29) is 43.3 Å². The van der Waals surface area contributed by atoms with Gasteiger partial charge in [0, 0.05) is 18.6 Å². The predicted octanol–water partition coefficient (Wildman–Crippen LogP) is 2.23. The third-order valence-electron chi connectivity index (χ3n) is 2.77. The molecule has 0 amide bonds. The molecule has 0 unspecified atom stereocenters. The van der Waals surface area contributed by atoms with Crippen LogP contribution in [0.1, 0.15) is 33.6 Å². The van der Waals surface area contributed by atoms with Crippen molar-refractivity contribution in [3.63, 3.8) is 0 Å². The summed E-state index contributed by atoms with van der Waals surface area (Å²) in [7, 11) is 0. The highest BCUT2D eigenvalue weighted by Gasteiger charge is 2.28. The van der Waals surface area contributed by atoms with Gasteiger partial charge in [-0.05, 0) is 20.8 Å². The number of rotatable bonds is 7. The van der Waals surface area contributed by atoms with Gasteiger partial charge >= 0.3 is 5.69 Å². The molecule has 0 aliphatic rings. The molecular formula is C14H19N7O2. The molecule has 0 spiro atoms. The summed E-state index contributed by atoms with van der Waals surface area (Å²) in [5, 5.41) is 32.0. The number of nitrogens with one attached hydrogen (secondary N) is 1. The van der Waals surface area contributed by atoms with Crippen LogP contribution in [0.5, 0.6) is 0 Å². The maximum Gasteiger partial charge on any atom is 0.353 e. The van der Waals surface area contributed by atoms with Gasteiger partial charge in [-0.1, -0.05) is 0 Å². The number of aromatic nitrogens is 2. The van der Waals surface area contributed by atoms with Crippen molar-refractivity contribution in [3.8, 4) is 12.1 Å². The second-order valence-corrected chi connectivity index (χ2v) is 5.83. The first-order valence-electron chi connectivity index (χ1n) is 7.06. The average Bonchev–Trinajstić information content (AvgIpc) is 2.45. The summed E-state index contributed by atoms with van der Waals surface area (Å²) < 4.78 is 0. The summed E-state index contributed by atoms with van der Waals surface area (Å²) >= 11 is 0. The van der Waals surface area contributed by atoms with Crippen molar-refractivity contribution < 1.29 is 4.92 Å². The van der Waals surface area contributed by atoms with E-state index < -0.39 is 10.5 Å². The Balaban J connectivity index is 3.31. The molecule has 0 aliphatic heterocycles. The number of anilines is 2. The minimum absolute atomic E-state index is 0.113. The molecule has 0 radical (unpaired) electrons. The summed E-state index contributed by atoms with van der Waals surface area (Å²) in [6.07, 6.45) is 1.59. The minimum Gasteiger partial charge on any atom is -0.360 e. The average molecular weight is 317 g/mol. The van der Waals surface area contributed by atoms with Gasteiger partial charge in [-0.2, -0.15) is 10.5 Å². The van der Waals surface area contributed by atoms with Crippen molar-refractivity contribution in [2.24, 2.45) is 0 Å². The summed E-state index contributed by atoms with van der Waals surface area (Å²) in [5.74, 6) is 0.230. The molecule has 0 saturated heterocycles. The molecule has 9 nitrogen and oxygen atoms in total. The molecule has 122 valence electrons. The lowest BCUT2D eigenvalue weighted by molar-refractivity contribution is -0.383. The van der Waals surface area contributed by atoms with Crippen molar-refractivity contribution in [1.82, 2.24) is 9.97 Å². The van der Waals surface area contributed by atoms with Gasteiger partial charge in [0.1, 0.15) is 6.33 Å². The van der Waals surface area contributed by atoms with Crippen molar-refractivity contribution in [1.29, 1.82) is 10.5 Å². The van der Waals surface area contributed by atoms with Gasteiger partial charge < -0.3 is 10.2 Å². The first-order valence-corrected chi connectivity index (χ1v) is 7.06. The summed E-state index contributed by atoms with van der Waals surface area (Å²) in [5.41, 5.74) is -0.668. The number of nitrogens with zero attached hydrogens (tertiary/aromatic N) is 6. The van der Waals surface area contributed by atoms with Gasteiger partial charge in [-0.15, -0.1) is 0 Å². The van der Waals surface area contributed by atoms with Crippen LogP contribution >= 0.6 is 0 Å². The molecule has 1 aromatic heterocycles. The zero-order valence-electron chi connectivity index (χ0n) is 13.4. The second kappa shape index (κ2) is 7.90. The third-order valence-corrected chi connectivity index (χ3v) is 2.77. The van der Waals surface area contributed by atoms with Crippen molar-refractivity contribution in [3.05, 3.63) is 16.4 Å². The van der Waals surface area contributed by atoms with Crippen LogP contribution in [0.4, 0.5) is 17.3 Å². The lowest BCUT2D eigenvalue weighted by Gasteiger charge is -2.24. The minimum atomic E-state index is -0.546. The smallest absolute Gasteiger partial charge is 0.353 e. The number of nitro groups is 1. The Hall–Kier alpha value is -2.94. The number of hydrogen-bond donors (Lipinski definition) is 1. The quantitative estimate of drug-likeness (QED) is 0.598. The van der Waals surface area contributed by atoms with Gasteiger partial charge in [0.25, 0.3) is 0 Å². The van der Waals surface area contributed by atoms with Gasteiger partial charge in [-0.25, -0.2) is 9.97 Å². The molecule has 9 heteroatoms. The summed E-state index contributed by atoms with van der Waals surface area (Å²) in [4.78, 5) is 20.5. The van der Waals surface area contributed by atoms with Gasteiger partial charge in [-0.3, -0.25) is 10.1 Å². The van der Waals surface area contributed by atoms with Crippen LogP contribution in [0.15, 0.2) is 6.33 Å². The Bertz CT molecular complexity index is 622. The van der Waals surface area contributed by atoms with E-state index in [0.717, 1.165) is 0 Å². The molecule has 1 rings (SSSR count). The maximum atomic E-state index is 11.5. The lowest BCUT2D eigenvalue weighted by atomic mass is 10.1. The van der Waals surface area contributed by atoms with E-state index in [1.807, 2.05) is 32.9 Å². The van der Waals surface area contributed by atoms with Crippen molar-refractivity contribution >= 4 is 17.3 Å². The van der Waals surface area contributed by atoms with E-state index in [9.17, 15) is 10.1 Å². The molecule has 1 aromatic rings. The Morgan fingerprint density at radius 2 is 1.83 bits per heavy atom. The fourth-order valence-corrected chi connectivity index (χ4v) is 1.91. The molecule has 0 fully saturated rings. The molecule has 1 heterocycles. The number of nitriles is 2. The Kier molecular flexibility index (Phi) is 6.22. The fourth-order valence-electron chi connectivity index (χ4n) is 1.91. The van der Waals surface area contributed by atoms with E-state index in [1.165, 1.54) is 6.33 Å². The lowest BCUT2D eigenvalue weighted by Crippen LogP contribution is -2.30. The summed E-state index contributed by atoms with van der Waals surface area (Å²) in [6.45, 7) is 6.10. The first-order chi connectivity index (χ1) is 10.8. The van der Waals surface area contributed by atoms with Crippen LogP contribution < -0.4 is 10.2 Å². The Morgan fingerprint density at radius 3 is 2.26 bits per heavy atom. The van der Waals surface area contributed by atoms with E-state index >= 15 is 0 Å². The molecule has 0 saturated carbocycles. The van der Waals surface area contributed by atoms with Crippen molar-refractivity contribution in [2.75, 3.05) is 23.3 Å². The zero-order chi connectivity index (χ0) is 17.5. The monoisotopic (exact) mass is 317 g/mol. The zero-order valence-corrected chi connectivity index (χ0v) is 13.4. The molecule has 0 aromatic carbocycles. The third kappa shape index (κ3) is 5.40. The van der Waals surface area contributed by atoms with Gasteiger partial charge in [0.05, 0.1) is 29.9 Å². The highest BCUT2D eigenvalue weighted by atomic mass is 16.6. The van der Waals surface area contributed by atoms with Crippen LogP contribution in [0.3, 0.4) is 0 Å². The maximum absolute atomic E-state index is 11.5. The molecule has 1 N–H and O–H groups in total. The second-order valence-electron chi connectivity index (χ2n) is 5.83. The van der Waals surface area contributed by atoms with Crippen LogP contribution in [0, 0.1) is 32.8 Å². The van der Waals surface area contributed by atoms with E-state index in [0.29, 0.717) is 0 Å². The SMILES string of the molecule is CC(C)(C)Nc1ncnc(N(CCC#N)CCC#N)c1[N+](=O)[O-]. The number of hydrogen-bond acceptors (Lipinski definition) is 8. The molecule has 0 atom stereocenters. The van der Waals surface area contributed by atoms with E-state index in [4.69, 9.17) is 10.5 Å². The van der Waals surface area contributed by atoms with Crippen LogP contribution in [-0.4, -0.2) is 33.5 Å². The van der Waals surface area contributed by atoms with Gasteiger partial charge in [0.2, 0.25) is 11.6 Å². The summed E-state index contributed by atoms with van der Waals surface area (Å²) in [6, 6.07) is 3.98. The first kappa shape index (κ1) is 18.1. The Labute approximate surface area is 134 Å². The topological polar surface area (TPSA) is 132 Å². The molecular weight excluding hydrogens is 298 g/mol. The Morgan fingerprint density at radius 1 is 1.26 bits per heavy atom. The van der Waals surface area contributed by atoms with Crippen LogP contribution in [0.2, 0.25) is 0 Å². The molecule has 23 heavy (non-hydrogen) atoms. The van der Waals surface area contributed by atoms with E-state index in [2.05, 4.69) is 15.3 Å². The predicted molar refractivity (Wildman–Crippen MR) is 84.7 cm³/mol. The van der Waals surface area contributed by atoms with Crippen molar-refractivity contribution in [2.45, 2.75) is 39.2 Å². The van der Waals surface area contributed by atoms with Crippen LogP contribution in [-0.2, 0) is 0 Å². The standard InChI is InChI=1S/C14H19N7O2/c1-14(2,3)19-12-11(21(22)23)13(18-10-17-12)20(8-4-6-15)9-5-7-16/h10H,4-5,8-9H2,1-3H3,(H,17,18,19). The normalized spacial score (nSPS) is 10.5. The molecule has 0 aliphatic carbocycles. The van der Waals surface area contributed by atoms with Crippen LogP contribution in [0.25, 0.3) is 0 Å². The fraction of sp³-hybridized carbons (Fsp3) is 0.571. The highest BCUT2D eigenvalue weighted by Crippen LogP contribution is 2.33. The van der Waals surface area contributed by atoms with E-state index in [1.54, 1.807) is 4.90 Å². The molecule has 0 bridgehead atoms.